The van der Waals surface area contributed by atoms with E-state index in [9.17, 15) is 4.79 Å². The first-order chi connectivity index (χ1) is 16.6. The Morgan fingerprint density at radius 1 is 1.12 bits per heavy atom. The first-order valence-electron chi connectivity index (χ1n) is 11.6. The largest absolute Gasteiger partial charge is 0.486 e. The second-order valence-corrected chi connectivity index (χ2v) is 9.96. The number of ether oxygens (including phenoxy) is 2. The number of thioether (sulfide) groups is 1. The molecule has 1 saturated carbocycles. The van der Waals surface area contributed by atoms with Gasteiger partial charge in [-0.05, 0) is 42.7 Å². The van der Waals surface area contributed by atoms with Gasteiger partial charge in [0.25, 0.3) is 0 Å². The molecule has 0 atom stereocenters. The lowest BCUT2D eigenvalue weighted by Gasteiger charge is -2.21. The van der Waals surface area contributed by atoms with Crippen molar-refractivity contribution in [1.29, 1.82) is 0 Å². The Kier molecular flexibility index (Phi) is 6.97. The van der Waals surface area contributed by atoms with Crippen LogP contribution in [-0.2, 0) is 11.3 Å². The molecule has 178 valence electrons. The number of hydrogen-bond acceptors (Lipinski definition) is 6. The highest BCUT2D eigenvalue weighted by Gasteiger charge is 2.26. The average molecular weight is 499 g/mol. The molecule has 5 rings (SSSR count). The van der Waals surface area contributed by atoms with Crippen LogP contribution in [-0.4, -0.2) is 51.6 Å². The molecule has 2 heterocycles. The fourth-order valence-corrected chi connectivity index (χ4v) is 5.64. The summed E-state index contributed by atoms with van der Waals surface area (Å²) in [7, 11) is 1.82. The number of fused-ring (bicyclic) bond motifs is 1. The summed E-state index contributed by atoms with van der Waals surface area (Å²) >= 11 is 7.91. The molecule has 0 saturated heterocycles. The molecule has 1 aliphatic carbocycles. The van der Waals surface area contributed by atoms with Crippen molar-refractivity contribution < 1.29 is 14.3 Å². The molecule has 0 bridgehead atoms. The van der Waals surface area contributed by atoms with Gasteiger partial charge in [0, 0.05) is 25.2 Å². The summed E-state index contributed by atoms with van der Waals surface area (Å²) in [4.78, 5) is 14.7. The Morgan fingerprint density at radius 2 is 1.88 bits per heavy atom. The highest BCUT2D eigenvalue weighted by molar-refractivity contribution is 7.99. The summed E-state index contributed by atoms with van der Waals surface area (Å²) in [6, 6.07) is 13.8. The lowest BCUT2D eigenvalue weighted by molar-refractivity contribution is -0.127. The molecule has 3 aromatic rings. The van der Waals surface area contributed by atoms with Crippen molar-refractivity contribution in [2.75, 3.05) is 26.0 Å². The first-order valence-corrected chi connectivity index (χ1v) is 12.9. The Bertz CT molecular complexity index is 1180. The monoisotopic (exact) mass is 498 g/mol. The second-order valence-electron chi connectivity index (χ2n) is 8.61. The van der Waals surface area contributed by atoms with E-state index >= 15 is 0 Å². The maximum Gasteiger partial charge on any atom is 0.233 e. The van der Waals surface area contributed by atoms with Gasteiger partial charge in [-0.1, -0.05) is 54.4 Å². The van der Waals surface area contributed by atoms with Gasteiger partial charge in [0.15, 0.2) is 22.5 Å². The van der Waals surface area contributed by atoms with Gasteiger partial charge in [-0.25, -0.2) is 0 Å². The first kappa shape index (κ1) is 23.1. The molecule has 0 radical (unpaired) electrons. The average Bonchev–Trinajstić information content (AvgIpc) is 3.52. The maximum absolute atomic E-state index is 12.9. The molecule has 7 nitrogen and oxygen atoms in total. The third kappa shape index (κ3) is 4.88. The van der Waals surface area contributed by atoms with Crippen LogP contribution in [0, 0.1) is 0 Å². The second kappa shape index (κ2) is 10.3. The van der Waals surface area contributed by atoms with E-state index in [2.05, 4.69) is 14.8 Å². The lowest BCUT2D eigenvalue weighted by atomic mass is 10.2. The fourth-order valence-electron chi connectivity index (χ4n) is 4.48. The number of rotatable bonds is 7. The molecular formula is C25H27ClN4O3S. The number of carbonyl (C=O) groups is 1. The van der Waals surface area contributed by atoms with Crippen LogP contribution in [0.5, 0.6) is 11.5 Å². The van der Waals surface area contributed by atoms with Crippen molar-refractivity contribution in [2.24, 2.45) is 0 Å². The van der Waals surface area contributed by atoms with Gasteiger partial charge in [-0.15, -0.1) is 10.2 Å². The van der Waals surface area contributed by atoms with Gasteiger partial charge < -0.3 is 14.4 Å². The van der Waals surface area contributed by atoms with Crippen LogP contribution >= 0.6 is 23.4 Å². The molecule has 1 aromatic heterocycles. The third-order valence-corrected chi connectivity index (χ3v) is 7.50. The van der Waals surface area contributed by atoms with Crippen LogP contribution in [0.15, 0.2) is 47.6 Å². The van der Waals surface area contributed by atoms with E-state index in [4.69, 9.17) is 21.1 Å². The van der Waals surface area contributed by atoms with E-state index in [0.29, 0.717) is 30.8 Å². The minimum absolute atomic E-state index is 0.0279. The SMILES string of the molecule is CN(Cc1ccc2c(c1)OCCO2)C(=O)CSc1nnc(-c2ccccc2Cl)n1C1CCCC1. The maximum atomic E-state index is 12.9. The highest BCUT2D eigenvalue weighted by Crippen LogP contribution is 2.38. The number of benzene rings is 2. The Morgan fingerprint density at radius 3 is 2.68 bits per heavy atom. The molecule has 34 heavy (non-hydrogen) atoms. The predicted molar refractivity (Wildman–Crippen MR) is 133 cm³/mol. The predicted octanol–water partition coefficient (Wildman–Crippen LogP) is 5.24. The van der Waals surface area contributed by atoms with E-state index in [0.717, 1.165) is 46.4 Å². The number of nitrogens with zero attached hydrogens (tertiary/aromatic N) is 4. The van der Waals surface area contributed by atoms with Crippen LogP contribution < -0.4 is 9.47 Å². The van der Waals surface area contributed by atoms with Crippen molar-refractivity contribution in [2.45, 2.75) is 43.4 Å². The topological polar surface area (TPSA) is 69.5 Å². The summed E-state index contributed by atoms with van der Waals surface area (Å²) in [6.45, 7) is 1.60. The zero-order valence-electron chi connectivity index (χ0n) is 19.1. The van der Waals surface area contributed by atoms with Gasteiger partial charge in [0.05, 0.1) is 10.8 Å². The molecule has 1 amide bonds. The summed E-state index contributed by atoms with van der Waals surface area (Å²) < 4.78 is 13.4. The van der Waals surface area contributed by atoms with E-state index < -0.39 is 0 Å². The smallest absolute Gasteiger partial charge is 0.233 e. The molecule has 0 unspecified atom stereocenters. The number of hydrogen-bond donors (Lipinski definition) is 0. The molecule has 1 aliphatic heterocycles. The van der Waals surface area contributed by atoms with E-state index in [1.807, 2.05) is 49.5 Å². The minimum atomic E-state index is 0.0279. The molecule has 2 aliphatic rings. The molecule has 9 heteroatoms. The van der Waals surface area contributed by atoms with Crippen LogP contribution in [0.4, 0.5) is 0 Å². The van der Waals surface area contributed by atoms with Crippen molar-refractivity contribution in [1.82, 2.24) is 19.7 Å². The standard InChI is InChI=1S/C25H27ClN4O3S/c1-29(15-17-10-11-21-22(14-17)33-13-12-32-21)23(31)16-34-25-28-27-24(19-8-4-5-9-20(19)26)30(25)18-6-2-3-7-18/h4-5,8-11,14,18H,2-3,6-7,12-13,15-16H2,1H3. The van der Waals surface area contributed by atoms with Gasteiger partial charge in [0.2, 0.25) is 5.91 Å². The fraction of sp³-hybridized carbons (Fsp3) is 0.400. The van der Waals surface area contributed by atoms with Crippen LogP contribution in [0.2, 0.25) is 5.02 Å². The summed E-state index contributed by atoms with van der Waals surface area (Å²) in [6.07, 6.45) is 4.54. The van der Waals surface area contributed by atoms with Crippen LogP contribution in [0.3, 0.4) is 0 Å². The molecule has 2 aromatic carbocycles. The zero-order valence-corrected chi connectivity index (χ0v) is 20.6. The van der Waals surface area contributed by atoms with E-state index in [1.165, 1.54) is 24.6 Å². The summed E-state index contributed by atoms with van der Waals surface area (Å²) in [5.41, 5.74) is 1.87. The van der Waals surface area contributed by atoms with Crippen molar-refractivity contribution in [3.8, 4) is 22.9 Å². The van der Waals surface area contributed by atoms with Gasteiger partial charge in [-0.3, -0.25) is 9.36 Å². The highest BCUT2D eigenvalue weighted by atomic mass is 35.5. The molecular weight excluding hydrogens is 472 g/mol. The number of amides is 1. The van der Waals surface area contributed by atoms with E-state index in [1.54, 1.807) is 4.90 Å². The van der Waals surface area contributed by atoms with Gasteiger partial charge >= 0.3 is 0 Å². The van der Waals surface area contributed by atoms with Crippen molar-refractivity contribution in [3.63, 3.8) is 0 Å². The van der Waals surface area contributed by atoms with Crippen LogP contribution in [0.1, 0.15) is 37.3 Å². The molecule has 0 spiro atoms. The summed E-state index contributed by atoms with van der Waals surface area (Å²) in [5.74, 6) is 2.57. The van der Waals surface area contributed by atoms with Gasteiger partial charge in [0.1, 0.15) is 13.2 Å². The van der Waals surface area contributed by atoms with E-state index in [-0.39, 0.29) is 11.7 Å². The third-order valence-electron chi connectivity index (χ3n) is 6.25. The number of carbonyl (C=O) groups excluding carboxylic acids is 1. The Hall–Kier alpha value is -2.71. The molecule has 0 N–H and O–H groups in total. The molecule has 1 fully saturated rings. The number of aromatic nitrogens is 3. The normalized spacial score (nSPS) is 15.5. The zero-order chi connectivity index (χ0) is 23.5. The number of halogens is 1. The minimum Gasteiger partial charge on any atom is -0.486 e. The lowest BCUT2D eigenvalue weighted by Crippen LogP contribution is -2.28. The Balaban J connectivity index is 1.29. The van der Waals surface area contributed by atoms with Gasteiger partial charge in [-0.2, -0.15) is 0 Å². The van der Waals surface area contributed by atoms with Crippen molar-refractivity contribution in [3.05, 3.63) is 53.1 Å². The summed E-state index contributed by atoms with van der Waals surface area (Å²) in [5, 5.41) is 10.4. The quantitative estimate of drug-likeness (QED) is 0.415. The Labute approximate surface area is 208 Å². The van der Waals surface area contributed by atoms with Crippen molar-refractivity contribution >= 4 is 29.3 Å². The van der Waals surface area contributed by atoms with Crippen LogP contribution in [0.25, 0.3) is 11.4 Å².